The largest absolute Gasteiger partial charge is 0.336 e. The molecule has 0 aliphatic carbocycles. The van der Waals surface area contributed by atoms with Crippen LogP contribution in [0.15, 0.2) is 24.3 Å². The van der Waals surface area contributed by atoms with E-state index in [2.05, 4.69) is 10.6 Å². The summed E-state index contributed by atoms with van der Waals surface area (Å²) >= 11 is 5.81. The highest BCUT2D eigenvalue weighted by molar-refractivity contribution is 6.30. The van der Waals surface area contributed by atoms with Crippen LogP contribution in [0.1, 0.15) is 38.8 Å². The fraction of sp³-hybridized carbons (Fsp3) is 0.462. The third-order valence-corrected chi connectivity index (χ3v) is 2.96. The molecule has 2 atom stereocenters. The SMILES string of the molecule is CCC(C)NC(=O)NC(C)c1ccc(Cl)cc1. The van der Waals surface area contributed by atoms with Gasteiger partial charge in [0.25, 0.3) is 0 Å². The molecule has 0 aliphatic rings. The van der Waals surface area contributed by atoms with E-state index < -0.39 is 0 Å². The van der Waals surface area contributed by atoms with Gasteiger partial charge in [-0.3, -0.25) is 0 Å². The van der Waals surface area contributed by atoms with E-state index in [1.807, 2.05) is 45.0 Å². The van der Waals surface area contributed by atoms with Gasteiger partial charge in [0.1, 0.15) is 0 Å². The Kier molecular flexibility index (Phi) is 5.29. The van der Waals surface area contributed by atoms with Crippen molar-refractivity contribution in [2.75, 3.05) is 0 Å². The lowest BCUT2D eigenvalue weighted by molar-refractivity contribution is 0.234. The minimum absolute atomic E-state index is 0.0312. The van der Waals surface area contributed by atoms with Crippen LogP contribution in [0, 0.1) is 0 Å². The summed E-state index contributed by atoms with van der Waals surface area (Å²) in [5.74, 6) is 0. The molecule has 0 heterocycles. The van der Waals surface area contributed by atoms with Gasteiger partial charge in [0.15, 0.2) is 0 Å². The summed E-state index contributed by atoms with van der Waals surface area (Å²) in [4.78, 5) is 11.6. The first kappa shape index (κ1) is 13.8. The quantitative estimate of drug-likeness (QED) is 0.848. The van der Waals surface area contributed by atoms with Crippen molar-refractivity contribution in [1.82, 2.24) is 10.6 Å². The molecule has 0 spiro atoms. The standard InChI is InChI=1S/C13H19ClN2O/c1-4-9(2)15-13(17)16-10(3)11-5-7-12(14)8-6-11/h5-10H,4H2,1-3H3,(H2,15,16,17). The Balaban J connectivity index is 2.51. The summed E-state index contributed by atoms with van der Waals surface area (Å²) in [6.07, 6.45) is 0.919. The van der Waals surface area contributed by atoms with Crippen LogP contribution < -0.4 is 10.6 Å². The minimum atomic E-state index is -0.137. The zero-order valence-corrected chi connectivity index (χ0v) is 11.2. The smallest absolute Gasteiger partial charge is 0.315 e. The van der Waals surface area contributed by atoms with Gasteiger partial charge in [-0.2, -0.15) is 0 Å². The summed E-state index contributed by atoms with van der Waals surface area (Å²) in [5, 5.41) is 6.45. The molecule has 0 aliphatic heterocycles. The number of hydrogen-bond donors (Lipinski definition) is 2. The predicted octanol–water partition coefficient (Wildman–Crippen LogP) is 3.50. The third kappa shape index (κ3) is 4.65. The molecule has 0 saturated heterocycles. The molecule has 0 radical (unpaired) electrons. The maximum atomic E-state index is 11.6. The van der Waals surface area contributed by atoms with Crippen molar-refractivity contribution in [1.29, 1.82) is 0 Å². The molecule has 1 aromatic carbocycles. The van der Waals surface area contributed by atoms with Crippen LogP contribution in [-0.2, 0) is 0 Å². The van der Waals surface area contributed by atoms with Gasteiger partial charge in [0.2, 0.25) is 0 Å². The number of carbonyl (C=O) groups is 1. The Bertz CT molecular complexity index is 364. The summed E-state index contributed by atoms with van der Waals surface area (Å²) in [7, 11) is 0. The lowest BCUT2D eigenvalue weighted by Crippen LogP contribution is -2.41. The van der Waals surface area contributed by atoms with Crippen LogP contribution >= 0.6 is 11.6 Å². The Labute approximate surface area is 108 Å². The van der Waals surface area contributed by atoms with E-state index in [9.17, 15) is 4.79 Å². The number of rotatable bonds is 4. The van der Waals surface area contributed by atoms with E-state index in [0.717, 1.165) is 12.0 Å². The van der Waals surface area contributed by atoms with Crippen molar-refractivity contribution in [2.45, 2.75) is 39.3 Å². The number of hydrogen-bond acceptors (Lipinski definition) is 1. The molecule has 0 aromatic heterocycles. The summed E-state index contributed by atoms with van der Waals surface area (Å²) in [6, 6.07) is 7.49. The Morgan fingerprint density at radius 2 is 1.82 bits per heavy atom. The van der Waals surface area contributed by atoms with E-state index >= 15 is 0 Å². The van der Waals surface area contributed by atoms with E-state index in [1.165, 1.54) is 0 Å². The molecule has 94 valence electrons. The van der Waals surface area contributed by atoms with Gasteiger partial charge >= 0.3 is 6.03 Å². The molecule has 1 aromatic rings. The Morgan fingerprint density at radius 3 is 2.35 bits per heavy atom. The third-order valence-electron chi connectivity index (χ3n) is 2.71. The zero-order valence-electron chi connectivity index (χ0n) is 10.5. The van der Waals surface area contributed by atoms with Gasteiger partial charge in [-0.25, -0.2) is 4.79 Å². The van der Waals surface area contributed by atoms with Crippen LogP contribution in [0.3, 0.4) is 0 Å². The number of benzene rings is 1. The average molecular weight is 255 g/mol. The number of halogens is 1. The van der Waals surface area contributed by atoms with Crippen molar-refractivity contribution in [3.8, 4) is 0 Å². The molecule has 0 saturated carbocycles. The first-order chi connectivity index (χ1) is 8.02. The van der Waals surface area contributed by atoms with Crippen LogP contribution in [0.4, 0.5) is 4.79 Å². The van der Waals surface area contributed by atoms with Gasteiger partial charge in [0, 0.05) is 11.1 Å². The van der Waals surface area contributed by atoms with E-state index in [-0.39, 0.29) is 18.1 Å². The molecule has 4 heteroatoms. The van der Waals surface area contributed by atoms with E-state index in [1.54, 1.807) is 0 Å². The first-order valence-corrected chi connectivity index (χ1v) is 6.23. The Hall–Kier alpha value is -1.22. The van der Waals surface area contributed by atoms with Gasteiger partial charge < -0.3 is 10.6 Å². The normalized spacial score (nSPS) is 13.9. The van der Waals surface area contributed by atoms with Gasteiger partial charge in [-0.1, -0.05) is 30.7 Å². The number of urea groups is 1. The lowest BCUT2D eigenvalue weighted by Gasteiger charge is -2.17. The first-order valence-electron chi connectivity index (χ1n) is 5.85. The molecular formula is C13H19ClN2O. The molecule has 2 N–H and O–H groups in total. The highest BCUT2D eigenvalue weighted by Crippen LogP contribution is 2.15. The van der Waals surface area contributed by atoms with Gasteiger partial charge in [-0.05, 0) is 38.0 Å². The summed E-state index contributed by atoms with van der Waals surface area (Å²) in [5.41, 5.74) is 1.04. The maximum Gasteiger partial charge on any atom is 0.315 e. The van der Waals surface area contributed by atoms with E-state index in [4.69, 9.17) is 11.6 Å². The maximum absolute atomic E-state index is 11.6. The second-order valence-electron chi connectivity index (χ2n) is 4.20. The van der Waals surface area contributed by atoms with Crippen molar-refractivity contribution < 1.29 is 4.79 Å². The fourth-order valence-corrected chi connectivity index (χ4v) is 1.52. The summed E-state index contributed by atoms with van der Waals surface area (Å²) < 4.78 is 0. The Morgan fingerprint density at radius 1 is 1.24 bits per heavy atom. The second-order valence-corrected chi connectivity index (χ2v) is 4.64. The molecule has 0 bridgehead atoms. The fourth-order valence-electron chi connectivity index (χ4n) is 1.40. The average Bonchev–Trinajstić information content (AvgIpc) is 2.29. The van der Waals surface area contributed by atoms with Crippen molar-refractivity contribution >= 4 is 17.6 Å². The van der Waals surface area contributed by atoms with E-state index in [0.29, 0.717) is 5.02 Å². The minimum Gasteiger partial charge on any atom is -0.336 e. The number of carbonyl (C=O) groups excluding carboxylic acids is 1. The molecule has 0 fully saturated rings. The molecular weight excluding hydrogens is 236 g/mol. The topological polar surface area (TPSA) is 41.1 Å². The number of amides is 2. The predicted molar refractivity (Wildman–Crippen MR) is 71.3 cm³/mol. The number of nitrogens with one attached hydrogen (secondary N) is 2. The van der Waals surface area contributed by atoms with Crippen molar-refractivity contribution in [3.63, 3.8) is 0 Å². The van der Waals surface area contributed by atoms with Crippen molar-refractivity contribution in [3.05, 3.63) is 34.9 Å². The van der Waals surface area contributed by atoms with Crippen molar-refractivity contribution in [2.24, 2.45) is 0 Å². The molecule has 3 nitrogen and oxygen atoms in total. The van der Waals surface area contributed by atoms with Gasteiger partial charge in [0.05, 0.1) is 6.04 Å². The molecule has 2 amide bonds. The highest BCUT2D eigenvalue weighted by atomic mass is 35.5. The summed E-state index contributed by atoms with van der Waals surface area (Å²) in [6.45, 7) is 5.96. The second kappa shape index (κ2) is 6.50. The molecule has 2 unspecified atom stereocenters. The zero-order chi connectivity index (χ0) is 12.8. The lowest BCUT2D eigenvalue weighted by atomic mass is 10.1. The van der Waals surface area contributed by atoms with Gasteiger partial charge in [-0.15, -0.1) is 0 Å². The van der Waals surface area contributed by atoms with Crippen LogP contribution in [-0.4, -0.2) is 12.1 Å². The van der Waals surface area contributed by atoms with Crippen LogP contribution in [0.5, 0.6) is 0 Å². The molecule has 17 heavy (non-hydrogen) atoms. The monoisotopic (exact) mass is 254 g/mol. The highest BCUT2D eigenvalue weighted by Gasteiger charge is 2.10. The van der Waals surface area contributed by atoms with Crippen LogP contribution in [0.2, 0.25) is 5.02 Å². The molecule has 1 rings (SSSR count). The van der Waals surface area contributed by atoms with Crippen LogP contribution in [0.25, 0.3) is 0 Å².